The summed E-state index contributed by atoms with van der Waals surface area (Å²) in [6.45, 7) is 8.36. The second-order valence-corrected chi connectivity index (χ2v) is 7.73. The number of carbonyl (C=O) groups is 1. The van der Waals surface area contributed by atoms with Crippen LogP contribution in [-0.2, 0) is 11.3 Å². The number of amides is 1. The molecule has 6 nitrogen and oxygen atoms in total. The summed E-state index contributed by atoms with van der Waals surface area (Å²) in [6, 6.07) is 16.3. The Bertz CT molecular complexity index is 819. The quantitative estimate of drug-likeness (QED) is 0.814. The van der Waals surface area contributed by atoms with Crippen LogP contribution < -0.4 is 14.8 Å². The van der Waals surface area contributed by atoms with E-state index in [-0.39, 0.29) is 11.9 Å². The van der Waals surface area contributed by atoms with Crippen molar-refractivity contribution in [3.8, 4) is 11.5 Å². The zero-order valence-corrected chi connectivity index (χ0v) is 17.0. The Balaban J connectivity index is 1.23. The van der Waals surface area contributed by atoms with E-state index in [0.29, 0.717) is 19.8 Å². The van der Waals surface area contributed by atoms with E-state index in [4.69, 9.17) is 9.47 Å². The zero-order valence-electron chi connectivity index (χ0n) is 17.0. The first-order valence-electron chi connectivity index (χ1n) is 10.3. The average Bonchev–Trinajstić information content (AvgIpc) is 2.75. The summed E-state index contributed by atoms with van der Waals surface area (Å²) in [5, 5.41) is 3.11. The molecule has 2 aliphatic heterocycles. The van der Waals surface area contributed by atoms with E-state index in [1.54, 1.807) is 0 Å². The molecule has 2 aliphatic rings. The molecule has 2 aromatic rings. The van der Waals surface area contributed by atoms with Crippen molar-refractivity contribution in [1.29, 1.82) is 0 Å². The van der Waals surface area contributed by atoms with Crippen molar-refractivity contribution in [1.82, 2.24) is 15.1 Å². The number of carbonyl (C=O) groups excluding carboxylic acids is 1. The van der Waals surface area contributed by atoms with Crippen LogP contribution in [0.2, 0.25) is 0 Å². The van der Waals surface area contributed by atoms with Crippen molar-refractivity contribution >= 4 is 5.91 Å². The van der Waals surface area contributed by atoms with E-state index in [1.165, 1.54) is 5.56 Å². The molecule has 0 bridgehead atoms. The summed E-state index contributed by atoms with van der Waals surface area (Å²) in [4.78, 5) is 17.2. The highest BCUT2D eigenvalue weighted by atomic mass is 16.6. The second-order valence-electron chi connectivity index (χ2n) is 7.73. The van der Waals surface area contributed by atoms with Gasteiger partial charge in [0.25, 0.3) is 0 Å². The number of hydrogen-bond acceptors (Lipinski definition) is 5. The van der Waals surface area contributed by atoms with Crippen molar-refractivity contribution < 1.29 is 14.3 Å². The summed E-state index contributed by atoms with van der Waals surface area (Å²) < 4.78 is 11.2. The first kappa shape index (κ1) is 19.7. The first-order valence-corrected chi connectivity index (χ1v) is 10.3. The van der Waals surface area contributed by atoms with Crippen LogP contribution in [0.1, 0.15) is 24.1 Å². The second kappa shape index (κ2) is 9.29. The number of benzene rings is 2. The van der Waals surface area contributed by atoms with Gasteiger partial charge in [0.15, 0.2) is 11.5 Å². The lowest BCUT2D eigenvalue weighted by Crippen LogP contribution is -2.49. The van der Waals surface area contributed by atoms with Gasteiger partial charge in [0.05, 0.1) is 12.6 Å². The number of ether oxygens (including phenoxy) is 2. The van der Waals surface area contributed by atoms with E-state index in [9.17, 15) is 4.79 Å². The fraction of sp³-hybridized carbons (Fsp3) is 0.435. The Kier molecular flexibility index (Phi) is 6.32. The molecular weight excluding hydrogens is 366 g/mol. The van der Waals surface area contributed by atoms with Gasteiger partial charge in [0.2, 0.25) is 5.91 Å². The summed E-state index contributed by atoms with van der Waals surface area (Å²) >= 11 is 0. The molecule has 0 aliphatic carbocycles. The van der Waals surface area contributed by atoms with Crippen LogP contribution in [0.4, 0.5) is 0 Å². The third-order valence-corrected chi connectivity index (χ3v) is 5.52. The summed E-state index contributed by atoms with van der Waals surface area (Å²) in [7, 11) is 0. The normalized spacial score (nSPS) is 18.2. The number of nitrogens with one attached hydrogen (secondary N) is 1. The SMILES string of the molecule is C[C@@H](NC(=O)CN1CCN(Cc2ccccc2)CC1)c1ccc2c(c1)OCCO2. The van der Waals surface area contributed by atoms with Crippen molar-refractivity contribution in [2.24, 2.45) is 0 Å². The van der Waals surface area contributed by atoms with Gasteiger partial charge in [-0.3, -0.25) is 14.6 Å². The minimum Gasteiger partial charge on any atom is -0.486 e. The number of rotatable bonds is 6. The van der Waals surface area contributed by atoms with Crippen LogP contribution in [-0.4, -0.2) is 61.6 Å². The standard InChI is InChI=1S/C23H29N3O3/c1-18(20-7-8-21-22(15-20)29-14-13-28-21)24-23(27)17-26-11-9-25(10-12-26)16-19-5-3-2-4-6-19/h2-8,15,18H,9-14,16-17H2,1H3,(H,24,27)/t18-/m1/s1. The molecular formula is C23H29N3O3. The van der Waals surface area contributed by atoms with Crippen LogP contribution >= 0.6 is 0 Å². The topological polar surface area (TPSA) is 54.0 Å². The monoisotopic (exact) mass is 395 g/mol. The molecule has 0 radical (unpaired) electrons. The molecule has 6 heteroatoms. The highest BCUT2D eigenvalue weighted by Crippen LogP contribution is 2.32. The zero-order chi connectivity index (χ0) is 20.1. The van der Waals surface area contributed by atoms with Crippen LogP contribution in [0.15, 0.2) is 48.5 Å². The van der Waals surface area contributed by atoms with Crippen molar-refractivity contribution in [2.75, 3.05) is 45.9 Å². The molecule has 1 atom stereocenters. The molecule has 1 amide bonds. The molecule has 2 heterocycles. The highest BCUT2D eigenvalue weighted by Gasteiger charge is 2.21. The molecule has 4 rings (SSSR count). The Labute approximate surface area is 172 Å². The maximum Gasteiger partial charge on any atom is 0.234 e. The Hall–Kier alpha value is -2.57. The van der Waals surface area contributed by atoms with Crippen LogP contribution in [0, 0.1) is 0 Å². The molecule has 0 spiro atoms. The van der Waals surface area contributed by atoms with E-state index in [1.807, 2.05) is 31.2 Å². The van der Waals surface area contributed by atoms with E-state index in [2.05, 4.69) is 39.4 Å². The van der Waals surface area contributed by atoms with Crippen LogP contribution in [0.25, 0.3) is 0 Å². The molecule has 1 fully saturated rings. The van der Waals surface area contributed by atoms with Crippen molar-refractivity contribution in [3.05, 3.63) is 59.7 Å². The molecule has 154 valence electrons. The smallest absolute Gasteiger partial charge is 0.234 e. The third-order valence-electron chi connectivity index (χ3n) is 5.52. The third kappa shape index (κ3) is 5.28. The first-order chi connectivity index (χ1) is 14.2. The van der Waals surface area contributed by atoms with E-state index < -0.39 is 0 Å². The predicted molar refractivity (Wildman–Crippen MR) is 112 cm³/mol. The van der Waals surface area contributed by atoms with Crippen molar-refractivity contribution in [2.45, 2.75) is 19.5 Å². The lowest BCUT2D eigenvalue weighted by Gasteiger charge is -2.34. The van der Waals surface area contributed by atoms with Gasteiger partial charge in [-0.15, -0.1) is 0 Å². The lowest BCUT2D eigenvalue weighted by atomic mass is 10.1. The molecule has 1 saturated heterocycles. The van der Waals surface area contributed by atoms with Gasteiger partial charge in [-0.2, -0.15) is 0 Å². The predicted octanol–water partition coefficient (Wildman–Crippen LogP) is 2.45. The highest BCUT2D eigenvalue weighted by molar-refractivity contribution is 5.78. The molecule has 1 N–H and O–H groups in total. The number of hydrogen-bond donors (Lipinski definition) is 1. The Morgan fingerprint density at radius 2 is 1.66 bits per heavy atom. The maximum absolute atomic E-state index is 12.5. The average molecular weight is 396 g/mol. The summed E-state index contributed by atoms with van der Waals surface area (Å²) in [6.07, 6.45) is 0. The minimum absolute atomic E-state index is 0.0592. The molecule has 2 aromatic carbocycles. The Morgan fingerprint density at radius 3 is 2.41 bits per heavy atom. The fourth-order valence-electron chi connectivity index (χ4n) is 3.85. The molecule has 29 heavy (non-hydrogen) atoms. The van der Waals surface area contributed by atoms with Crippen LogP contribution in [0.3, 0.4) is 0 Å². The minimum atomic E-state index is -0.0716. The fourth-order valence-corrected chi connectivity index (χ4v) is 3.85. The number of piperazine rings is 1. The number of nitrogens with zero attached hydrogens (tertiary/aromatic N) is 2. The van der Waals surface area contributed by atoms with Gasteiger partial charge >= 0.3 is 0 Å². The Morgan fingerprint density at radius 1 is 0.966 bits per heavy atom. The number of fused-ring (bicyclic) bond motifs is 1. The molecule has 0 unspecified atom stereocenters. The maximum atomic E-state index is 12.5. The molecule has 0 aromatic heterocycles. The molecule has 0 saturated carbocycles. The van der Waals surface area contributed by atoms with Gasteiger partial charge in [-0.25, -0.2) is 0 Å². The van der Waals surface area contributed by atoms with E-state index >= 15 is 0 Å². The van der Waals surface area contributed by atoms with Gasteiger partial charge in [-0.1, -0.05) is 36.4 Å². The van der Waals surface area contributed by atoms with Gasteiger partial charge < -0.3 is 14.8 Å². The summed E-state index contributed by atoms with van der Waals surface area (Å²) in [5.41, 5.74) is 2.36. The summed E-state index contributed by atoms with van der Waals surface area (Å²) in [5.74, 6) is 1.58. The van der Waals surface area contributed by atoms with Gasteiger partial charge in [0, 0.05) is 32.7 Å². The van der Waals surface area contributed by atoms with Crippen molar-refractivity contribution in [3.63, 3.8) is 0 Å². The van der Waals surface area contributed by atoms with Gasteiger partial charge in [-0.05, 0) is 30.2 Å². The van der Waals surface area contributed by atoms with Gasteiger partial charge in [0.1, 0.15) is 13.2 Å². The lowest BCUT2D eigenvalue weighted by molar-refractivity contribution is -0.123. The van der Waals surface area contributed by atoms with Crippen LogP contribution in [0.5, 0.6) is 11.5 Å². The largest absolute Gasteiger partial charge is 0.486 e. The van der Waals surface area contributed by atoms with E-state index in [0.717, 1.165) is 49.8 Å².